The fourth-order valence-electron chi connectivity index (χ4n) is 2.56. The van der Waals surface area contributed by atoms with Gasteiger partial charge in [0.05, 0.1) is 31.5 Å². The van der Waals surface area contributed by atoms with Crippen LogP contribution in [0, 0.1) is 18.3 Å². The van der Waals surface area contributed by atoms with Crippen molar-refractivity contribution in [1.82, 2.24) is 9.97 Å². The zero-order chi connectivity index (χ0) is 19.2. The third-order valence-electron chi connectivity index (χ3n) is 3.77. The summed E-state index contributed by atoms with van der Waals surface area (Å²) >= 11 is 0. The van der Waals surface area contributed by atoms with Crippen LogP contribution in [0.4, 0.5) is 23.0 Å². The highest BCUT2D eigenvalue weighted by atomic mass is 16.5. The lowest BCUT2D eigenvalue weighted by molar-refractivity contribution is 0.405. The van der Waals surface area contributed by atoms with Crippen LogP contribution in [0.25, 0.3) is 0 Å². The summed E-state index contributed by atoms with van der Waals surface area (Å²) in [5, 5.41) is 15.5. The third kappa shape index (κ3) is 4.44. The van der Waals surface area contributed by atoms with E-state index in [1.807, 2.05) is 37.3 Å². The Hall–Kier alpha value is -3.79. The standard InChI is InChI=1S/C20H19N5O2/c1-13-22-19(24-15-6-4-5-14(9-15)12-21)11-20(23-13)25-17-10-16(26-2)7-8-18(17)27-3/h4-11H,1-3H3,(H2,22,23,24,25). The van der Waals surface area contributed by atoms with Gasteiger partial charge in [0, 0.05) is 17.8 Å². The lowest BCUT2D eigenvalue weighted by Gasteiger charge is -2.14. The molecule has 0 bridgehead atoms. The molecule has 0 aliphatic heterocycles. The number of hydrogen-bond donors (Lipinski definition) is 2. The SMILES string of the molecule is COc1ccc(OC)c(Nc2cc(Nc3cccc(C#N)c3)nc(C)n2)c1. The fraction of sp³-hybridized carbons (Fsp3) is 0.150. The van der Waals surface area contributed by atoms with Crippen LogP contribution in [0.3, 0.4) is 0 Å². The Bertz CT molecular complexity index is 998. The van der Waals surface area contributed by atoms with E-state index >= 15 is 0 Å². The van der Waals surface area contributed by atoms with Crippen molar-refractivity contribution in [3.8, 4) is 17.6 Å². The molecule has 3 rings (SSSR count). The van der Waals surface area contributed by atoms with Gasteiger partial charge in [0.1, 0.15) is 29.0 Å². The van der Waals surface area contributed by atoms with Crippen molar-refractivity contribution in [2.75, 3.05) is 24.9 Å². The second kappa shape index (κ2) is 8.06. The van der Waals surface area contributed by atoms with Crippen molar-refractivity contribution >= 4 is 23.0 Å². The number of anilines is 4. The maximum Gasteiger partial charge on any atom is 0.142 e. The highest BCUT2D eigenvalue weighted by Crippen LogP contribution is 2.31. The molecule has 2 aromatic carbocycles. The number of nitriles is 1. The smallest absolute Gasteiger partial charge is 0.142 e. The molecular weight excluding hydrogens is 342 g/mol. The minimum atomic E-state index is 0.574. The summed E-state index contributed by atoms with van der Waals surface area (Å²) in [4.78, 5) is 8.83. The Labute approximate surface area is 157 Å². The quantitative estimate of drug-likeness (QED) is 0.681. The number of hydrogen-bond acceptors (Lipinski definition) is 7. The molecule has 0 spiro atoms. The molecule has 0 amide bonds. The van der Waals surface area contributed by atoms with Crippen LogP contribution < -0.4 is 20.1 Å². The van der Waals surface area contributed by atoms with Gasteiger partial charge in [-0.15, -0.1) is 0 Å². The predicted octanol–water partition coefficient (Wildman–Crippen LogP) is 4.16. The Kier molecular flexibility index (Phi) is 5.38. The zero-order valence-electron chi connectivity index (χ0n) is 15.3. The number of methoxy groups -OCH3 is 2. The Morgan fingerprint density at radius 2 is 1.70 bits per heavy atom. The Balaban J connectivity index is 1.88. The zero-order valence-corrected chi connectivity index (χ0v) is 15.3. The molecular formula is C20H19N5O2. The largest absolute Gasteiger partial charge is 0.497 e. The van der Waals surface area contributed by atoms with E-state index in [1.165, 1.54) is 0 Å². The van der Waals surface area contributed by atoms with E-state index < -0.39 is 0 Å². The number of aromatic nitrogens is 2. The molecule has 7 nitrogen and oxygen atoms in total. The van der Waals surface area contributed by atoms with Gasteiger partial charge in [-0.05, 0) is 37.3 Å². The molecule has 2 N–H and O–H groups in total. The van der Waals surface area contributed by atoms with Crippen LogP contribution in [-0.2, 0) is 0 Å². The second-order valence-electron chi connectivity index (χ2n) is 5.69. The molecule has 3 aromatic rings. The number of rotatable bonds is 6. The first kappa shape index (κ1) is 18.0. The molecule has 7 heteroatoms. The second-order valence-corrected chi connectivity index (χ2v) is 5.69. The van der Waals surface area contributed by atoms with E-state index in [0.29, 0.717) is 34.5 Å². The average Bonchev–Trinajstić information content (AvgIpc) is 2.67. The van der Waals surface area contributed by atoms with Crippen LogP contribution in [-0.4, -0.2) is 24.2 Å². The lowest BCUT2D eigenvalue weighted by atomic mass is 10.2. The minimum absolute atomic E-state index is 0.574. The fourth-order valence-corrected chi connectivity index (χ4v) is 2.56. The number of nitrogens with zero attached hydrogens (tertiary/aromatic N) is 3. The molecule has 0 aliphatic carbocycles. The van der Waals surface area contributed by atoms with Crippen LogP contribution >= 0.6 is 0 Å². The van der Waals surface area contributed by atoms with Crippen molar-refractivity contribution in [2.45, 2.75) is 6.92 Å². The number of aryl methyl sites for hydroxylation is 1. The van der Waals surface area contributed by atoms with Crippen LogP contribution in [0.15, 0.2) is 48.5 Å². The topological polar surface area (TPSA) is 92.1 Å². The van der Waals surface area contributed by atoms with E-state index in [4.69, 9.17) is 14.7 Å². The number of nitrogens with one attached hydrogen (secondary N) is 2. The van der Waals surface area contributed by atoms with Crippen molar-refractivity contribution < 1.29 is 9.47 Å². The highest BCUT2D eigenvalue weighted by molar-refractivity contribution is 5.69. The number of benzene rings is 2. The van der Waals surface area contributed by atoms with Gasteiger partial charge >= 0.3 is 0 Å². The molecule has 0 radical (unpaired) electrons. The molecule has 136 valence electrons. The van der Waals surface area contributed by atoms with Crippen molar-refractivity contribution in [1.29, 1.82) is 5.26 Å². The summed E-state index contributed by atoms with van der Waals surface area (Å²) in [5.41, 5.74) is 2.08. The maximum absolute atomic E-state index is 9.04. The molecule has 0 unspecified atom stereocenters. The molecule has 0 saturated carbocycles. The molecule has 27 heavy (non-hydrogen) atoms. The van der Waals surface area contributed by atoms with E-state index in [9.17, 15) is 0 Å². The molecule has 0 atom stereocenters. The van der Waals surface area contributed by atoms with Gasteiger partial charge in [0.25, 0.3) is 0 Å². The van der Waals surface area contributed by atoms with E-state index in [0.717, 1.165) is 11.4 Å². The van der Waals surface area contributed by atoms with Crippen LogP contribution in [0.2, 0.25) is 0 Å². The minimum Gasteiger partial charge on any atom is -0.497 e. The van der Waals surface area contributed by atoms with Gasteiger partial charge in [-0.1, -0.05) is 6.07 Å². The molecule has 0 fully saturated rings. The van der Waals surface area contributed by atoms with Gasteiger partial charge < -0.3 is 20.1 Å². The Morgan fingerprint density at radius 1 is 0.926 bits per heavy atom. The number of ether oxygens (including phenoxy) is 2. The van der Waals surface area contributed by atoms with Gasteiger partial charge in [0.2, 0.25) is 0 Å². The summed E-state index contributed by atoms with van der Waals surface area (Å²) in [6.45, 7) is 1.81. The van der Waals surface area contributed by atoms with Gasteiger partial charge in [0.15, 0.2) is 0 Å². The molecule has 0 aliphatic rings. The van der Waals surface area contributed by atoms with Gasteiger partial charge in [-0.25, -0.2) is 9.97 Å². The summed E-state index contributed by atoms with van der Waals surface area (Å²) in [7, 11) is 3.21. The van der Waals surface area contributed by atoms with Gasteiger partial charge in [-0.3, -0.25) is 0 Å². The average molecular weight is 361 g/mol. The van der Waals surface area contributed by atoms with Crippen molar-refractivity contribution in [2.24, 2.45) is 0 Å². The van der Waals surface area contributed by atoms with E-state index in [2.05, 4.69) is 26.7 Å². The summed E-state index contributed by atoms with van der Waals surface area (Å²) in [5.74, 6) is 3.19. The van der Waals surface area contributed by atoms with Crippen molar-refractivity contribution in [3.63, 3.8) is 0 Å². The first-order valence-corrected chi connectivity index (χ1v) is 8.23. The first-order chi connectivity index (χ1) is 13.1. The van der Waals surface area contributed by atoms with Gasteiger partial charge in [-0.2, -0.15) is 5.26 Å². The molecule has 1 aromatic heterocycles. The Morgan fingerprint density at radius 3 is 2.41 bits per heavy atom. The van der Waals surface area contributed by atoms with Crippen LogP contribution in [0.5, 0.6) is 11.5 Å². The van der Waals surface area contributed by atoms with E-state index in [-0.39, 0.29) is 0 Å². The highest BCUT2D eigenvalue weighted by Gasteiger charge is 2.09. The summed E-state index contributed by atoms with van der Waals surface area (Å²) in [6, 6.07) is 16.6. The van der Waals surface area contributed by atoms with Crippen LogP contribution in [0.1, 0.15) is 11.4 Å². The third-order valence-corrected chi connectivity index (χ3v) is 3.77. The van der Waals surface area contributed by atoms with Crippen molar-refractivity contribution in [3.05, 3.63) is 59.9 Å². The summed E-state index contributed by atoms with van der Waals surface area (Å²) < 4.78 is 10.7. The first-order valence-electron chi connectivity index (χ1n) is 8.23. The van der Waals surface area contributed by atoms with E-state index in [1.54, 1.807) is 32.4 Å². The predicted molar refractivity (Wildman–Crippen MR) is 104 cm³/mol. The lowest BCUT2D eigenvalue weighted by Crippen LogP contribution is -2.02. The molecule has 1 heterocycles. The maximum atomic E-state index is 9.04. The normalized spacial score (nSPS) is 10.0. The monoisotopic (exact) mass is 361 g/mol. The molecule has 0 saturated heterocycles. The summed E-state index contributed by atoms with van der Waals surface area (Å²) in [6.07, 6.45) is 0.